The minimum absolute atomic E-state index is 0.344. The Labute approximate surface area is 119 Å². The van der Waals surface area contributed by atoms with Crippen LogP contribution in [-0.4, -0.2) is 29.6 Å². The fourth-order valence-corrected chi connectivity index (χ4v) is 2.80. The molecular weight excluding hydrogens is 276 g/mol. The molecule has 5 nitrogen and oxygen atoms in total. The summed E-state index contributed by atoms with van der Waals surface area (Å²) in [5.41, 5.74) is 1.81. The SMILES string of the molecule is COC(=O)c1cn2cc(-c3cccc(OC)c3)nc2s1. The van der Waals surface area contributed by atoms with Crippen LogP contribution in [0.15, 0.2) is 36.7 Å². The maximum absolute atomic E-state index is 11.5. The van der Waals surface area contributed by atoms with Gasteiger partial charge in [-0.15, -0.1) is 0 Å². The van der Waals surface area contributed by atoms with Crippen LogP contribution in [0.1, 0.15) is 9.67 Å². The molecule has 20 heavy (non-hydrogen) atoms. The molecule has 0 fully saturated rings. The average molecular weight is 288 g/mol. The molecule has 2 heterocycles. The first-order valence-electron chi connectivity index (χ1n) is 5.92. The number of ether oxygens (including phenoxy) is 2. The summed E-state index contributed by atoms with van der Waals surface area (Å²) >= 11 is 1.30. The first-order chi connectivity index (χ1) is 9.71. The number of hydrogen-bond acceptors (Lipinski definition) is 5. The van der Waals surface area contributed by atoms with E-state index in [0.717, 1.165) is 22.0 Å². The van der Waals surface area contributed by atoms with E-state index < -0.39 is 0 Å². The Kier molecular flexibility index (Phi) is 3.15. The lowest BCUT2D eigenvalue weighted by atomic mass is 10.1. The molecule has 3 rings (SSSR count). The van der Waals surface area contributed by atoms with Crippen molar-refractivity contribution in [3.8, 4) is 17.0 Å². The molecule has 3 aromatic rings. The van der Waals surface area contributed by atoms with Gasteiger partial charge in [-0.1, -0.05) is 23.5 Å². The highest BCUT2D eigenvalue weighted by molar-refractivity contribution is 7.18. The van der Waals surface area contributed by atoms with Gasteiger partial charge in [0.15, 0.2) is 4.96 Å². The first-order valence-corrected chi connectivity index (χ1v) is 6.74. The van der Waals surface area contributed by atoms with Crippen LogP contribution < -0.4 is 4.74 Å². The van der Waals surface area contributed by atoms with Crippen molar-refractivity contribution in [1.82, 2.24) is 9.38 Å². The highest BCUT2D eigenvalue weighted by Crippen LogP contribution is 2.26. The topological polar surface area (TPSA) is 52.8 Å². The Balaban J connectivity index is 2.01. The summed E-state index contributed by atoms with van der Waals surface area (Å²) in [7, 11) is 3.00. The third-order valence-corrected chi connectivity index (χ3v) is 3.88. The summed E-state index contributed by atoms with van der Waals surface area (Å²) in [4.78, 5) is 17.3. The lowest BCUT2D eigenvalue weighted by Gasteiger charge is -2.01. The molecule has 0 aliphatic carbocycles. The predicted octanol–water partition coefficient (Wildman–Crippen LogP) is 2.86. The summed E-state index contributed by atoms with van der Waals surface area (Å²) in [5.74, 6) is 0.442. The van der Waals surface area contributed by atoms with Crippen molar-refractivity contribution < 1.29 is 14.3 Å². The van der Waals surface area contributed by atoms with Gasteiger partial charge in [-0.3, -0.25) is 4.40 Å². The van der Waals surface area contributed by atoms with E-state index in [1.54, 1.807) is 13.3 Å². The van der Waals surface area contributed by atoms with Gasteiger partial charge in [-0.25, -0.2) is 9.78 Å². The molecule has 0 atom stereocenters. The molecule has 0 saturated heterocycles. The number of fused-ring (bicyclic) bond motifs is 1. The van der Waals surface area contributed by atoms with Crippen LogP contribution in [0.4, 0.5) is 0 Å². The van der Waals surface area contributed by atoms with Crippen LogP contribution in [0.5, 0.6) is 5.75 Å². The van der Waals surface area contributed by atoms with E-state index in [0.29, 0.717) is 4.88 Å². The molecule has 6 heteroatoms. The number of carbonyl (C=O) groups excluding carboxylic acids is 1. The van der Waals surface area contributed by atoms with Gasteiger partial charge in [-0.2, -0.15) is 0 Å². The van der Waals surface area contributed by atoms with Gasteiger partial charge in [0.2, 0.25) is 0 Å². The Morgan fingerprint density at radius 1 is 1.30 bits per heavy atom. The van der Waals surface area contributed by atoms with E-state index in [1.165, 1.54) is 18.4 Å². The minimum Gasteiger partial charge on any atom is -0.497 e. The molecular formula is C14H12N2O3S. The summed E-state index contributed by atoms with van der Waals surface area (Å²) in [6.07, 6.45) is 3.61. The highest BCUT2D eigenvalue weighted by atomic mass is 32.1. The van der Waals surface area contributed by atoms with Gasteiger partial charge in [0.05, 0.1) is 19.9 Å². The Bertz CT molecular complexity index is 744. The van der Waals surface area contributed by atoms with Crippen molar-refractivity contribution in [3.63, 3.8) is 0 Å². The van der Waals surface area contributed by atoms with Crippen LogP contribution in [-0.2, 0) is 4.74 Å². The molecule has 0 radical (unpaired) electrons. The summed E-state index contributed by atoms with van der Waals surface area (Å²) in [6.45, 7) is 0. The zero-order valence-corrected chi connectivity index (χ0v) is 11.8. The van der Waals surface area contributed by atoms with Gasteiger partial charge in [0.1, 0.15) is 10.6 Å². The zero-order chi connectivity index (χ0) is 14.1. The van der Waals surface area contributed by atoms with E-state index in [4.69, 9.17) is 9.47 Å². The number of rotatable bonds is 3. The quantitative estimate of drug-likeness (QED) is 0.695. The van der Waals surface area contributed by atoms with Gasteiger partial charge < -0.3 is 9.47 Å². The fraction of sp³-hybridized carbons (Fsp3) is 0.143. The van der Waals surface area contributed by atoms with Crippen LogP contribution in [0, 0.1) is 0 Å². The highest BCUT2D eigenvalue weighted by Gasteiger charge is 2.13. The molecule has 0 bridgehead atoms. The number of benzene rings is 1. The third kappa shape index (κ3) is 2.14. The van der Waals surface area contributed by atoms with E-state index >= 15 is 0 Å². The number of imidazole rings is 1. The number of thiazole rings is 1. The van der Waals surface area contributed by atoms with E-state index in [1.807, 2.05) is 34.9 Å². The molecule has 0 spiro atoms. The minimum atomic E-state index is -0.344. The molecule has 0 saturated carbocycles. The summed E-state index contributed by atoms with van der Waals surface area (Å²) < 4.78 is 11.7. The van der Waals surface area contributed by atoms with Crippen LogP contribution in [0.2, 0.25) is 0 Å². The number of nitrogens with zero attached hydrogens (tertiary/aromatic N) is 2. The van der Waals surface area contributed by atoms with Crippen molar-refractivity contribution in [2.45, 2.75) is 0 Å². The van der Waals surface area contributed by atoms with Gasteiger partial charge in [0.25, 0.3) is 0 Å². The van der Waals surface area contributed by atoms with Crippen molar-refractivity contribution in [2.75, 3.05) is 14.2 Å². The smallest absolute Gasteiger partial charge is 0.349 e. The maximum Gasteiger partial charge on any atom is 0.349 e. The van der Waals surface area contributed by atoms with Gasteiger partial charge >= 0.3 is 5.97 Å². The molecule has 0 amide bonds. The Morgan fingerprint density at radius 2 is 2.15 bits per heavy atom. The summed E-state index contributed by atoms with van der Waals surface area (Å²) in [5, 5.41) is 0. The van der Waals surface area contributed by atoms with Crippen molar-refractivity contribution in [2.24, 2.45) is 0 Å². The van der Waals surface area contributed by atoms with E-state index in [9.17, 15) is 4.79 Å². The normalized spacial score (nSPS) is 10.7. The second kappa shape index (κ2) is 4.97. The van der Waals surface area contributed by atoms with Gasteiger partial charge in [-0.05, 0) is 12.1 Å². The fourth-order valence-electron chi connectivity index (χ4n) is 1.91. The second-order valence-corrected chi connectivity index (χ2v) is 5.14. The first kappa shape index (κ1) is 12.7. The predicted molar refractivity (Wildman–Crippen MR) is 76.4 cm³/mol. The van der Waals surface area contributed by atoms with Crippen LogP contribution >= 0.6 is 11.3 Å². The standard InChI is InChI=1S/C14H12N2O3S/c1-18-10-5-3-4-9(6-10)11-7-16-8-12(13(17)19-2)20-14(16)15-11/h3-8H,1-2H3. The van der Waals surface area contributed by atoms with E-state index in [-0.39, 0.29) is 5.97 Å². The second-order valence-electron chi connectivity index (χ2n) is 4.13. The van der Waals surface area contributed by atoms with Gasteiger partial charge in [0, 0.05) is 18.0 Å². The maximum atomic E-state index is 11.5. The molecule has 2 aromatic heterocycles. The van der Waals surface area contributed by atoms with Crippen LogP contribution in [0.3, 0.4) is 0 Å². The monoisotopic (exact) mass is 288 g/mol. The number of methoxy groups -OCH3 is 2. The molecule has 0 N–H and O–H groups in total. The molecule has 1 aromatic carbocycles. The summed E-state index contributed by atoms with van der Waals surface area (Å²) in [6, 6.07) is 7.70. The lowest BCUT2D eigenvalue weighted by Crippen LogP contribution is -1.97. The number of carbonyl (C=O) groups is 1. The number of hydrogen-bond donors (Lipinski definition) is 0. The Hall–Kier alpha value is -2.34. The van der Waals surface area contributed by atoms with Crippen molar-refractivity contribution >= 4 is 22.3 Å². The number of aromatic nitrogens is 2. The molecule has 102 valence electrons. The zero-order valence-electron chi connectivity index (χ0n) is 11.0. The average Bonchev–Trinajstić information content (AvgIpc) is 3.05. The van der Waals surface area contributed by atoms with Crippen molar-refractivity contribution in [1.29, 1.82) is 0 Å². The molecule has 0 aliphatic heterocycles. The molecule has 0 unspecified atom stereocenters. The van der Waals surface area contributed by atoms with E-state index in [2.05, 4.69) is 4.98 Å². The largest absolute Gasteiger partial charge is 0.497 e. The lowest BCUT2D eigenvalue weighted by molar-refractivity contribution is 0.0606. The molecule has 0 aliphatic rings. The van der Waals surface area contributed by atoms with Crippen molar-refractivity contribution in [3.05, 3.63) is 41.5 Å². The number of esters is 1. The van der Waals surface area contributed by atoms with Crippen LogP contribution in [0.25, 0.3) is 16.2 Å². The Morgan fingerprint density at radius 3 is 2.85 bits per heavy atom. The third-order valence-electron chi connectivity index (χ3n) is 2.91.